The summed E-state index contributed by atoms with van der Waals surface area (Å²) in [6.45, 7) is 7.11. The fourth-order valence-electron chi connectivity index (χ4n) is 2.63. The van der Waals surface area contributed by atoms with Crippen LogP contribution in [0, 0.1) is 5.41 Å². The molecule has 0 aliphatic carbocycles. The minimum atomic E-state index is 0.552. The van der Waals surface area contributed by atoms with Crippen LogP contribution in [0.15, 0.2) is 0 Å². The molecule has 2 aliphatic heterocycles. The summed E-state index contributed by atoms with van der Waals surface area (Å²) in [6.07, 6.45) is 1.35. The van der Waals surface area contributed by atoms with Gasteiger partial charge >= 0.3 is 0 Å². The molecule has 3 heteroatoms. The number of rotatable bonds is 2. The van der Waals surface area contributed by atoms with Crippen LogP contribution >= 0.6 is 0 Å². The average Bonchev–Trinajstić information content (AvgIpc) is 2.51. The molecule has 0 amide bonds. The fraction of sp³-hybridized carbons (Fsp3) is 1.00. The highest BCUT2D eigenvalue weighted by molar-refractivity contribution is 5.02. The van der Waals surface area contributed by atoms with Gasteiger partial charge in [-0.2, -0.15) is 0 Å². The molecular formula is C9H19N3. The molecule has 2 heterocycles. The van der Waals surface area contributed by atoms with Crippen molar-refractivity contribution in [3.8, 4) is 0 Å². The SMILES string of the molecule is CNCN1CC[C@]2(C)CNC[C@H]12. The molecule has 3 nitrogen and oxygen atoms in total. The second-order valence-electron chi connectivity index (χ2n) is 4.37. The number of nitrogens with zero attached hydrogens (tertiary/aromatic N) is 1. The van der Waals surface area contributed by atoms with Crippen LogP contribution in [0.2, 0.25) is 0 Å². The lowest BCUT2D eigenvalue weighted by molar-refractivity contribution is 0.205. The largest absolute Gasteiger partial charge is 0.315 e. The zero-order valence-electron chi connectivity index (χ0n) is 8.06. The van der Waals surface area contributed by atoms with Crippen LogP contribution in [0.3, 0.4) is 0 Å². The summed E-state index contributed by atoms with van der Waals surface area (Å²) in [5, 5.41) is 6.72. The molecule has 0 bridgehead atoms. The summed E-state index contributed by atoms with van der Waals surface area (Å²) >= 11 is 0. The predicted octanol–water partition coefficient (Wildman–Crippen LogP) is -0.153. The number of hydrogen-bond donors (Lipinski definition) is 2. The fourth-order valence-corrected chi connectivity index (χ4v) is 2.63. The number of likely N-dealkylation sites (tertiary alicyclic amines) is 1. The van der Waals surface area contributed by atoms with Crippen molar-refractivity contribution >= 4 is 0 Å². The predicted molar refractivity (Wildman–Crippen MR) is 50.0 cm³/mol. The Morgan fingerprint density at radius 3 is 3.25 bits per heavy atom. The molecule has 0 saturated carbocycles. The highest BCUT2D eigenvalue weighted by atomic mass is 15.3. The van der Waals surface area contributed by atoms with Gasteiger partial charge in [-0.25, -0.2) is 0 Å². The summed E-state index contributed by atoms with van der Waals surface area (Å²) in [4.78, 5) is 2.56. The summed E-state index contributed by atoms with van der Waals surface area (Å²) in [6, 6.07) is 0.768. The van der Waals surface area contributed by atoms with E-state index in [1.54, 1.807) is 0 Å². The van der Waals surface area contributed by atoms with E-state index in [1.165, 1.54) is 26.1 Å². The standard InChI is InChI=1S/C9H19N3/c1-9-3-4-12(7-10-2)8(9)5-11-6-9/h8,10-11H,3-7H2,1-2H3/t8-,9+/m0/s1. The van der Waals surface area contributed by atoms with Gasteiger partial charge < -0.3 is 10.6 Å². The zero-order chi connectivity index (χ0) is 8.60. The Labute approximate surface area is 74.5 Å². The lowest BCUT2D eigenvalue weighted by Crippen LogP contribution is -2.41. The van der Waals surface area contributed by atoms with Crippen LogP contribution in [-0.2, 0) is 0 Å². The Kier molecular flexibility index (Phi) is 2.10. The minimum absolute atomic E-state index is 0.552. The third-order valence-electron chi connectivity index (χ3n) is 3.44. The summed E-state index contributed by atoms with van der Waals surface area (Å²) in [7, 11) is 2.03. The Morgan fingerprint density at radius 2 is 2.50 bits per heavy atom. The van der Waals surface area contributed by atoms with Gasteiger partial charge in [-0.3, -0.25) is 4.90 Å². The second kappa shape index (κ2) is 2.98. The highest BCUT2D eigenvalue weighted by Gasteiger charge is 2.46. The van der Waals surface area contributed by atoms with Crippen LogP contribution < -0.4 is 10.6 Å². The van der Waals surface area contributed by atoms with Crippen LogP contribution in [0.25, 0.3) is 0 Å². The minimum Gasteiger partial charge on any atom is -0.315 e. The van der Waals surface area contributed by atoms with Crippen molar-refractivity contribution in [1.29, 1.82) is 0 Å². The maximum absolute atomic E-state index is 3.48. The van der Waals surface area contributed by atoms with Gasteiger partial charge in [-0.15, -0.1) is 0 Å². The van der Waals surface area contributed by atoms with Crippen LogP contribution in [0.4, 0.5) is 0 Å². The normalized spacial score (nSPS) is 42.0. The van der Waals surface area contributed by atoms with Crippen LogP contribution in [-0.4, -0.2) is 44.3 Å². The maximum atomic E-state index is 3.48. The molecule has 2 rings (SSSR count). The Balaban J connectivity index is 2.03. The molecule has 2 aliphatic rings. The van der Waals surface area contributed by atoms with Crippen molar-refractivity contribution in [2.45, 2.75) is 19.4 Å². The zero-order valence-corrected chi connectivity index (χ0v) is 8.06. The smallest absolute Gasteiger partial charge is 0.0481 e. The molecule has 12 heavy (non-hydrogen) atoms. The van der Waals surface area contributed by atoms with E-state index < -0.39 is 0 Å². The first-order valence-electron chi connectivity index (χ1n) is 4.86. The maximum Gasteiger partial charge on any atom is 0.0481 e. The van der Waals surface area contributed by atoms with E-state index in [1.807, 2.05) is 7.05 Å². The molecule has 0 aromatic carbocycles. The lowest BCUT2D eigenvalue weighted by atomic mass is 9.86. The Morgan fingerprint density at radius 1 is 1.67 bits per heavy atom. The number of fused-ring (bicyclic) bond motifs is 1. The average molecular weight is 169 g/mol. The van der Waals surface area contributed by atoms with Gasteiger partial charge in [-0.05, 0) is 18.9 Å². The van der Waals surface area contributed by atoms with E-state index in [2.05, 4.69) is 22.5 Å². The second-order valence-corrected chi connectivity index (χ2v) is 4.37. The molecule has 0 aromatic heterocycles. The molecular weight excluding hydrogens is 150 g/mol. The van der Waals surface area contributed by atoms with E-state index in [4.69, 9.17) is 0 Å². The Hall–Kier alpha value is -0.120. The van der Waals surface area contributed by atoms with Crippen molar-refractivity contribution in [1.82, 2.24) is 15.5 Å². The van der Waals surface area contributed by atoms with E-state index in [9.17, 15) is 0 Å². The molecule has 2 fully saturated rings. The van der Waals surface area contributed by atoms with Crippen molar-refractivity contribution in [2.75, 3.05) is 33.4 Å². The van der Waals surface area contributed by atoms with Crippen molar-refractivity contribution in [2.24, 2.45) is 5.41 Å². The molecule has 0 aromatic rings. The molecule has 2 N–H and O–H groups in total. The van der Waals surface area contributed by atoms with Gasteiger partial charge in [0.1, 0.15) is 0 Å². The summed E-state index contributed by atoms with van der Waals surface area (Å²) in [5.41, 5.74) is 0.552. The third-order valence-corrected chi connectivity index (χ3v) is 3.44. The molecule has 2 atom stereocenters. The van der Waals surface area contributed by atoms with Crippen molar-refractivity contribution in [3.63, 3.8) is 0 Å². The van der Waals surface area contributed by atoms with E-state index in [0.29, 0.717) is 5.41 Å². The topological polar surface area (TPSA) is 27.3 Å². The molecule has 0 radical (unpaired) electrons. The van der Waals surface area contributed by atoms with Crippen LogP contribution in [0.5, 0.6) is 0 Å². The third kappa shape index (κ3) is 1.16. The van der Waals surface area contributed by atoms with Crippen molar-refractivity contribution < 1.29 is 0 Å². The van der Waals surface area contributed by atoms with Gasteiger partial charge in [-0.1, -0.05) is 6.92 Å². The molecule has 70 valence electrons. The number of hydrogen-bond acceptors (Lipinski definition) is 3. The van der Waals surface area contributed by atoms with Gasteiger partial charge in [0.05, 0.1) is 0 Å². The van der Waals surface area contributed by atoms with Crippen LogP contribution in [0.1, 0.15) is 13.3 Å². The molecule has 0 unspecified atom stereocenters. The van der Waals surface area contributed by atoms with E-state index in [0.717, 1.165) is 12.7 Å². The van der Waals surface area contributed by atoms with E-state index in [-0.39, 0.29) is 0 Å². The Bertz CT molecular complexity index is 171. The molecule has 0 spiro atoms. The monoisotopic (exact) mass is 169 g/mol. The lowest BCUT2D eigenvalue weighted by Gasteiger charge is -2.27. The first-order chi connectivity index (χ1) is 5.76. The van der Waals surface area contributed by atoms with Gasteiger partial charge in [0.25, 0.3) is 0 Å². The quantitative estimate of drug-likeness (QED) is 0.602. The highest BCUT2D eigenvalue weighted by Crippen LogP contribution is 2.38. The van der Waals surface area contributed by atoms with E-state index >= 15 is 0 Å². The van der Waals surface area contributed by atoms with Gasteiger partial charge in [0, 0.05) is 32.3 Å². The first kappa shape index (κ1) is 8.48. The van der Waals surface area contributed by atoms with Gasteiger partial charge in [0.2, 0.25) is 0 Å². The van der Waals surface area contributed by atoms with Gasteiger partial charge in [0.15, 0.2) is 0 Å². The summed E-state index contributed by atoms with van der Waals surface area (Å²) in [5.74, 6) is 0. The summed E-state index contributed by atoms with van der Waals surface area (Å²) < 4.78 is 0. The number of nitrogens with one attached hydrogen (secondary N) is 2. The first-order valence-corrected chi connectivity index (χ1v) is 4.86. The molecule has 2 saturated heterocycles. The van der Waals surface area contributed by atoms with Crippen molar-refractivity contribution in [3.05, 3.63) is 0 Å².